The van der Waals surface area contributed by atoms with Crippen molar-refractivity contribution in [2.24, 2.45) is 11.8 Å². The number of likely N-dealkylation sites (tertiary alicyclic amines) is 1. The topological polar surface area (TPSA) is 202 Å². The molecule has 5 aromatic rings. The molecule has 3 fully saturated rings. The molecule has 0 bridgehead atoms. The molecule has 1 unspecified atom stereocenters. The number of amides is 4. The molecular formula is C54H68N8O9. The Morgan fingerprint density at radius 1 is 0.887 bits per heavy atom. The number of nitrogens with zero attached hydrogens (tertiary/aromatic N) is 4. The molecule has 6 heterocycles. The van der Waals surface area contributed by atoms with E-state index in [0.717, 1.165) is 68.3 Å². The van der Waals surface area contributed by atoms with Gasteiger partial charge in [-0.1, -0.05) is 31.2 Å². The number of imidazole rings is 2. The van der Waals surface area contributed by atoms with E-state index < -0.39 is 24.3 Å². The van der Waals surface area contributed by atoms with Crippen molar-refractivity contribution in [3.63, 3.8) is 0 Å². The largest absolute Gasteiger partial charge is 0.488 e. The Morgan fingerprint density at radius 3 is 2.30 bits per heavy atom. The number of hydrogen-bond acceptors (Lipinski definition) is 11. The van der Waals surface area contributed by atoms with Crippen molar-refractivity contribution in [3.8, 4) is 28.1 Å². The number of H-pyrrole nitrogens is 2. The van der Waals surface area contributed by atoms with Gasteiger partial charge in [-0.3, -0.25) is 9.59 Å². The molecule has 4 aliphatic rings. The van der Waals surface area contributed by atoms with Crippen molar-refractivity contribution < 1.29 is 42.9 Å². The lowest BCUT2D eigenvalue weighted by molar-refractivity contribution is -0.141. The zero-order valence-electron chi connectivity index (χ0n) is 42.1. The molecular weight excluding hydrogens is 905 g/mol. The molecule has 0 spiro atoms. The van der Waals surface area contributed by atoms with Crippen LogP contribution in [-0.4, -0.2) is 117 Å². The Bertz CT molecular complexity index is 2800. The monoisotopic (exact) mass is 973 g/mol. The van der Waals surface area contributed by atoms with E-state index in [1.165, 1.54) is 14.2 Å². The van der Waals surface area contributed by atoms with Crippen molar-refractivity contribution in [1.82, 2.24) is 40.4 Å². The van der Waals surface area contributed by atoms with Gasteiger partial charge < -0.3 is 54.1 Å². The summed E-state index contributed by atoms with van der Waals surface area (Å²) in [6.45, 7) is 16.6. The molecule has 9 rings (SSSR count). The van der Waals surface area contributed by atoms with E-state index in [1.807, 2.05) is 45.6 Å². The molecule has 0 saturated carbocycles. The summed E-state index contributed by atoms with van der Waals surface area (Å²) in [6.07, 6.45) is 6.51. The average molecular weight is 973 g/mol. The Balaban J connectivity index is 0.947. The summed E-state index contributed by atoms with van der Waals surface area (Å²) in [7, 11) is 2.61. The van der Waals surface area contributed by atoms with Gasteiger partial charge in [0, 0.05) is 23.0 Å². The van der Waals surface area contributed by atoms with E-state index in [-0.39, 0.29) is 72.7 Å². The average Bonchev–Trinajstić information content (AvgIpc) is 4.13. The number of ether oxygens (including phenoxy) is 5. The van der Waals surface area contributed by atoms with Crippen LogP contribution in [0.15, 0.2) is 61.3 Å². The van der Waals surface area contributed by atoms with Crippen LogP contribution in [0.2, 0.25) is 0 Å². The number of alkyl carbamates (subject to hydrolysis) is 2. The number of methoxy groups -OCH3 is 2. The first-order valence-electron chi connectivity index (χ1n) is 25.2. The molecule has 2 aromatic heterocycles. The first kappa shape index (κ1) is 49.5. The molecule has 0 radical (unpaired) electrons. The zero-order valence-corrected chi connectivity index (χ0v) is 42.1. The van der Waals surface area contributed by atoms with Gasteiger partial charge >= 0.3 is 12.2 Å². The molecule has 0 aliphatic carbocycles. The molecule has 378 valence electrons. The molecule has 10 atom stereocenters. The van der Waals surface area contributed by atoms with Crippen LogP contribution in [0, 0.1) is 11.8 Å². The van der Waals surface area contributed by atoms with Gasteiger partial charge in [0.25, 0.3) is 0 Å². The fraction of sp³-hybridized carbons (Fsp3) is 0.519. The third-order valence-electron chi connectivity index (χ3n) is 15.2. The predicted molar refractivity (Wildman–Crippen MR) is 268 cm³/mol. The summed E-state index contributed by atoms with van der Waals surface area (Å²) in [5, 5.41) is 7.69. The minimum absolute atomic E-state index is 0.0400. The SMILES string of the molecule is C=C[C@@H]1CC([C@H](NC(=O)OC)C(=O)N(Cc2ncc(-c3ccc4c(c3)COc3cc5c(ccc6[nH]c([C@@H]7CC[C@H](C)N7C(=O)[C@@H](NC(=O)OC)C7C[C@@H](C)O[C@H](C)C7)nc65)cc3-4)[nH]2)[C@@H](C)CC)C[C@@H](C)O1. The van der Waals surface area contributed by atoms with Gasteiger partial charge in [-0.15, -0.1) is 6.58 Å². The van der Waals surface area contributed by atoms with Gasteiger partial charge in [-0.05, 0) is 138 Å². The van der Waals surface area contributed by atoms with Crippen LogP contribution >= 0.6 is 0 Å². The van der Waals surface area contributed by atoms with Crippen LogP contribution < -0.4 is 15.4 Å². The summed E-state index contributed by atoms with van der Waals surface area (Å²) < 4.78 is 28.4. The number of aromatic nitrogens is 4. The van der Waals surface area contributed by atoms with Gasteiger partial charge in [-0.2, -0.15) is 0 Å². The second kappa shape index (κ2) is 20.7. The van der Waals surface area contributed by atoms with Gasteiger partial charge in [0.1, 0.15) is 36.1 Å². The highest BCUT2D eigenvalue weighted by atomic mass is 16.5. The van der Waals surface area contributed by atoms with Gasteiger partial charge in [0.2, 0.25) is 11.8 Å². The van der Waals surface area contributed by atoms with Gasteiger partial charge in [-0.25, -0.2) is 19.6 Å². The Kier molecular flexibility index (Phi) is 14.4. The third kappa shape index (κ3) is 10.1. The zero-order chi connectivity index (χ0) is 50.2. The number of carbonyl (C=O) groups excluding carboxylic acids is 4. The second-order valence-corrected chi connectivity index (χ2v) is 20.1. The Hall–Kier alpha value is -6.46. The van der Waals surface area contributed by atoms with Crippen LogP contribution in [0.5, 0.6) is 5.75 Å². The molecule has 17 nitrogen and oxygen atoms in total. The summed E-state index contributed by atoms with van der Waals surface area (Å²) in [5.74, 6) is 1.45. The van der Waals surface area contributed by atoms with Crippen molar-refractivity contribution in [1.29, 1.82) is 0 Å². The molecule has 4 amide bonds. The third-order valence-corrected chi connectivity index (χ3v) is 15.2. The summed E-state index contributed by atoms with van der Waals surface area (Å²) in [4.78, 5) is 75.1. The summed E-state index contributed by atoms with van der Waals surface area (Å²) in [6, 6.07) is 12.5. The Morgan fingerprint density at radius 2 is 1.59 bits per heavy atom. The van der Waals surface area contributed by atoms with Crippen molar-refractivity contribution in [3.05, 3.63) is 78.5 Å². The minimum Gasteiger partial charge on any atom is -0.488 e. The number of aromatic amines is 2. The van der Waals surface area contributed by atoms with E-state index in [2.05, 4.69) is 70.5 Å². The lowest BCUT2D eigenvalue weighted by Crippen LogP contribution is -2.56. The molecule has 17 heteroatoms. The van der Waals surface area contributed by atoms with Gasteiger partial charge in [0.15, 0.2) is 0 Å². The van der Waals surface area contributed by atoms with E-state index in [0.29, 0.717) is 50.4 Å². The predicted octanol–water partition coefficient (Wildman–Crippen LogP) is 8.87. The van der Waals surface area contributed by atoms with E-state index in [4.69, 9.17) is 33.7 Å². The minimum atomic E-state index is -0.819. The lowest BCUT2D eigenvalue weighted by atomic mass is 9.85. The smallest absolute Gasteiger partial charge is 0.407 e. The maximum absolute atomic E-state index is 14.6. The van der Waals surface area contributed by atoms with Crippen LogP contribution in [0.25, 0.3) is 44.2 Å². The number of fused-ring (bicyclic) bond motifs is 6. The van der Waals surface area contributed by atoms with Crippen LogP contribution in [0.3, 0.4) is 0 Å². The molecule has 3 saturated heterocycles. The first-order valence-corrected chi connectivity index (χ1v) is 25.2. The summed E-state index contributed by atoms with van der Waals surface area (Å²) >= 11 is 0. The van der Waals surface area contributed by atoms with Crippen molar-refractivity contribution in [2.75, 3.05) is 14.2 Å². The highest BCUT2D eigenvalue weighted by Crippen LogP contribution is 2.44. The fourth-order valence-corrected chi connectivity index (χ4v) is 11.5. The van der Waals surface area contributed by atoms with Crippen molar-refractivity contribution >= 4 is 45.8 Å². The van der Waals surface area contributed by atoms with Crippen molar-refractivity contribution in [2.45, 2.75) is 154 Å². The molecule has 71 heavy (non-hydrogen) atoms. The second-order valence-electron chi connectivity index (χ2n) is 20.1. The van der Waals surface area contributed by atoms with E-state index in [9.17, 15) is 19.2 Å². The molecule has 3 aromatic carbocycles. The van der Waals surface area contributed by atoms with Crippen LogP contribution in [0.1, 0.15) is 110 Å². The number of carbonyl (C=O) groups is 4. The highest BCUT2D eigenvalue weighted by Gasteiger charge is 2.45. The first-order chi connectivity index (χ1) is 34.2. The van der Waals surface area contributed by atoms with E-state index >= 15 is 0 Å². The fourth-order valence-electron chi connectivity index (χ4n) is 11.5. The number of hydrogen-bond donors (Lipinski definition) is 4. The molecule has 4 aliphatic heterocycles. The normalized spacial score (nSPS) is 25.3. The number of rotatable bonds is 13. The Labute approximate surface area is 414 Å². The maximum Gasteiger partial charge on any atom is 0.407 e. The highest BCUT2D eigenvalue weighted by molar-refractivity contribution is 6.07. The van der Waals surface area contributed by atoms with Crippen LogP contribution in [0.4, 0.5) is 9.59 Å². The van der Waals surface area contributed by atoms with E-state index in [1.54, 1.807) is 17.2 Å². The number of benzene rings is 3. The van der Waals surface area contributed by atoms with Gasteiger partial charge in [0.05, 0.1) is 74.1 Å². The lowest BCUT2D eigenvalue weighted by Gasteiger charge is -2.39. The maximum atomic E-state index is 14.6. The van der Waals surface area contributed by atoms with Crippen LogP contribution in [-0.2, 0) is 41.7 Å². The quantitative estimate of drug-likeness (QED) is 0.0821. The standard InChI is InChI=1S/C54H68N8O9/c1-10-28(3)61(51(63)47(59-53(65)67-8)36-20-32(7)71-38(11-2)22-36)26-46-55-25-43(56-46)34-13-15-39-37(21-34)27-69-45-24-40-33(23-41(39)45)14-16-42-49(40)58-50(57-42)44-17-12-29(4)62(44)52(64)48(60-54(66)68-9)35-18-30(5)70-31(6)19-35/h11,13-16,21,23-25,28-32,35-36,38,44,47-48H,2,10,12,17-20,22,26-27H2,1,3-9H3,(H,55,56)(H,57,58)(H,59,65)(H,60,66)/t28-,29-,30+,31+,32+,36?,38+,44-,47-,48-/m0/s1. The number of nitrogens with one attached hydrogen (secondary N) is 4. The molecule has 4 N–H and O–H groups in total. The summed E-state index contributed by atoms with van der Waals surface area (Å²) in [5.41, 5.74) is 6.45.